The summed E-state index contributed by atoms with van der Waals surface area (Å²) in [6.45, 7) is 1.77. The number of urea groups is 1. The Kier molecular flexibility index (Phi) is 8.41. The van der Waals surface area contributed by atoms with Crippen LogP contribution in [-0.2, 0) is 5.75 Å². The highest BCUT2D eigenvalue weighted by Crippen LogP contribution is 2.28. The number of carbonyl (C=O) groups is 1. The molecule has 0 bridgehead atoms. The fraction of sp³-hybridized carbons (Fsp3) is 0.160. The topological polar surface area (TPSA) is 115 Å². The number of hydrogen-bond acceptors (Lipinski definition) is 7. The van der Waals surface area contributed by atoms with Crippen LogP contribution in [0.5, 0.6) is 0 Å². The molecule has 3 aromatic carbocycles. The second-order valence-corrected chi connectivity index (χ2v) is 9.74. The van der Waals surface area contributed by atoms with Gasteiger partial charge in [0, 0.05) is 34.2 Å². The van der Waals surface area contributed by atoms with Gasteiger partial charge in [0.05, 0.1) is 11.0 Å². The molecule has 0 aliphatic rings. The van der Waals surface area contributed by atoms with E-state index in [9.17, 15) is 19.3 Å². The monoisotopic (exact) mass is 538 g/mol. The van der Waals surface area contributed by atoms with Gasteiger partial charge in [0.25, 0.3) is 5.69 Å². The van der Waals surface area contributed by atoms with Crippen molar-refractivity contribution in [2.45, 2.75) is 28.8 Å². The molecule has 0 radical (unpaired) electrons. The van der Waals surface area contributed by atoms with Crippen molar-refractivity contribution in [2.24, 2.45) is 0 Å². The third-order valence-corrected chi connectivity index (χ3v) is 7.08. The number of aromatic nitrogens is 3. The van der Waals surface area contributed by atoms with Crippen molar-refractivity contribution in [1.82, 2.24) is 20.1 Å². The van der Waals surface area contributed by atoms with Crippen LogP contribution in [0.25, 0.3) is 5.69 Å². The van der Waals surface area contributed by atoms with Crippen LogP contribution in [-0.4, -0.2) is 32.0 Å². The molecule has 12 heteroatoms. The molecule has 0 aliphatic carbocycles. The Bertz CT molecular complexity index is 1380. The van der Waals surface area contributed by atoms with Crippen molar-refractivity contribution in [3.05, 3.63) is 100 Å². The highest BCUT2D eigenvalue weighted by molar-refractivity contribution is 7.98. The zero-order valence-electron chi connectivity index (χ0n) is 19.9. The Morgan fingerprint density at radius 1 is 1.05 bits per heavy atom. The van der Waals surface area contributed by atoms with Crippen molar-refractivity contribution in [2.75, 3.05) is 11.6 Å². The van der Waals surface area contributed by atoms with Gasteiger partial charge in [-0.1, -0.05) is 23.9 Å². The summed E-state index contributed by atoms with van der Waals surface area (Å²) < 4.78 is 15.0. The average molecular weight is 539 g/mol. The summed E-state index contributed by atoms with van der Waals surface area (Å²) in [6.07, 6.45) is 1.98. The van der Waals surface area contributed by atoms with Gasteiger partial charge in [0.2, 0.25) is 0 Å². The molecule has 190 valence electrons. The van der Waals surface area contributed by atoms with Crippen LogP contribution < -0.4 is 10.6 Å². The standard InChI is InChI=1S/C25H23FN6O3S2/c1-16(27-24(33)28-19-7-13-22(36-2)14-8-19)23-29-30-25(37-15-17-3-5-18(26)6-4-17)31(23)20-9-11-21(12-10-20)32(34)35/h3-14,16H,15H2,1-2H3,(H2,27,28,33). The molecule has 0 saturated heterocycles. The number of anilines is 1. The van der Waals surface area contributed by atoms with Gasteiger partial charge < -0.3 is 10.6 Å². The largest absolute Gasteiger partial charge is 0.328 e. The van der Waals surface area contributed by atoms with Gasteiger partial charge in [-0.3, -0.25) is 14.7 Å². The lowest BCUT2D eigenvalue weighted by molar-refractivity contribution is -0.384. The summed E-state index contributed by atoms with van der Waals surface area (Å²) in [5.74, 6) is 0.631. The van der Waals surface area contributed by atoms with Gasteiger partial charge in [-0.2, -0.15) is 0 Å². The maximum atomic E-state index is 13.3. The van der Waals surface area contributed by atoms with Crippen molar-refractivity contribution in [3.63, 3.8) is 0 Å². The number of benzene rings is 3. The van der Waals surface area contributed by atoms with Gasteiger partial charge in [0.15, 0.2) is 11.0 Å². The molecular formula is C25H23FN6O3S2. The van der Waals surface area contributed by atoms with Crippen molar-refractivity contribution in [1.29, 1.82) is 0 Å². The second kappa shape index (κ2) is 11.9. The Morgan fingerprint density at radius 2 is 1.73 bits per heavy atom. The van der Waals surface area contributed by atoms with Crippen LogP contribution >= 0.6 is 23.5 Å². The van der Waals surface area contributed by atoms with E-state index < -0.39 is 17.0 Å². The Hall–Kier alpha value is -3.90. The molecule has 2 N–H and O–H groups in total. The number of carbonyl (C=O) groups excluding carboxylic acids is 1. The summed E-state index contributed by atoms with van der Waals surface area (Å²) >= 11 is 2.99. The number of halogens is 1. The molecule has 4 rings (SSSR count). The lowest BCUT2D eigenvalue weighted by Gasteiger charge is -2.17. The lowest BCUT2D eigenvalue weighted by atomic mass is 10.2. The predicted molar refractivity (Wildman–Crippen MR) is 143 cm³/mol. The van der Waals surface area contributed by atoms with E-state index in [2.05, 4.69) is 20.8 Å². The van der Waals surface area contributed by atoms with E-state index in [-0.39, 0.29) is 11.5 Å². The zero-order chi connectivity index (χ0) is 26.4. The second-order valence-electron chi connectivity index (χ2n) is 7.91. The number of thioether (sulfide) groups is 2. The summed E-state index contributed by atoms with van der Waals surface area (Å²) in [6, 6.07) is 18.7. The number of non-ortho nitro benzene ring substituents is 1. The maximum absolute atomic E-state index is 13.3. The molecule has 1 atom stereocenters. The van der Waals surface area contributed by atoms with E-state index in [0.29, 0.717) is 28.1 Å². The normalized spacial score (nSPS) is 11.6. The van der Waals surface area contributed by atoms with Gasteiger partial charge >= 0.3 is 6.03 Å². The molecular weight excluding hydrogens is 515 g/mol. The van der Waals surface area contributed by atoms with Gasteiger partial charge in [-0.25, -0.2) is 9.18 Å². The minimum absolute atomic E-state index is 0.0445. The van der Waals surface area contributed by atoms with Crippen LogP contribution in [0.15, 0.2) is 82.8 Å². The van der Waals surface area contributed by atoms with Crippen LogP contribution in [0.2, 0.25) is 0 Å². The summed E-state index contributed by atoms with van der Waals surface area (Å²) in [5.41, 5.74) is 2.10. The SMILES string of the molecule is CSc1ccc(NC(=O)NC(C)c2nnc(SCc3ccc(F)cc3)n2-c2ccc([N+](=O)[O-])cc2)cc1. The van der Waals surface area contributed by atoms with Gasteiger partial charge in [-0.05, 0) is 67.3 Å². The van der Waals surface area contributed by atoms with Crippen LogP contribution in [0.4, 0.5) is 20.6 Å². The van der Waals surface area contributed by atoms with Crippen LogP contribution in [0, 0.1) is 15.9 Å². The first-order chi connectivity index (χ1) is 17.8. The van der Waals surface area contributed by atoms with Crippen LogP contribution in [0.3, 0.4) is 0 Å². The van der Waals surface area contributed by atoms with E-state index in [1.807, 2.05) is 30.5 Å². The molecule has 0 spiro atoms. The van der Waals surface area contributed by atoms with Crippen LogP contribution in [0.1, 0.15) is 24.4 Å². The van der Waals surface area contributed by atoms with E-state index in [0.717, 1.165) is 10.5 Å². The smallest absolute Gasteiger partial charge is 0.319 e. The van der Waals surface area contributed by atoms with E-state index in [1.54, 1.807) is 47.5 Å². The predicted octanol–water partition coefficient (Wildman–Crippen LogP) is 6.21. The first-order valence-corrected chi connectivity index (χ1v) is 13.3. The number of nitrogens with zero attached hydrogens (tertiary/aromatic N) is 4. The molecule has 0 saturated carbocycles. The molecule has 4 aromatic rings. The Balaban J connectivity index is 1.56. The third kappa shape index (κ3) is 6.66. The molecule has 0 fully saturated rings. The summed E-state index contributed by atoms with van der Waals surface area (Å²) in [7, 11) is 0. The number of nitro groups is 1. The molecule has 37 heavy (non-hydrogen) atoms. The fourth-order valence-corrected chi connectivity index (χ4v) is 4.78. The summed E-state index contributed by atoms with van der Waals surface area (Å²) in [5, 5.41) is 25.9. The van der Waals surface area contributed by atoms with Gasteiger partial charge in [0.1, 0.15) is 5.82 Å². The molecule has 1 heterocycles. The fourth-order valence-electron chi connectivity index (χ4n) is 3.45. The van der Waals surface area contributed by atoms with E-state index in [4.69, 9.17) is 0 Å². The molecule has 0 aliphatic heterocycles. The molecule has 9 nitrogen and oxygen atoms in total. The van der Waals surface area contributed by atoms with E-state index >= 15 is 0 Å². The Morgan fingerprint density at radius 3 is 2.35 bits per heavy atom. The maximum Gasteiger partial charge on any atom is 0.319 e. The first kappa shape index (κ1) is 26.2. The van der Waals surface area contributed by atoms with Crippen molar-refractivity contribution >= 4 is 40.9 Å². The molecule has 1 unspecified atom stereocenters. The number of hydrogen-bond donors (Lipinski definition) is 2. The van der Waals surface area contributed by atoms with Crippen molar-refractivity contribution < 1.29 is 14.1 Å². The summed E-state index contributed by atoms with van der Waals surface area (Å²) in [4.78, 5) is 24.4. The van der Waals surface area contributed by atoms with Crippen molar-refractivity contribution in [3.8, 4) is 5.69 Å². The minimum Gasteiger partial charge on any atom is -0.328 e. The number of nitrogens with one attached hydrogen (secondary N) is 2. The number of amides is 2. The highest BCUT2D eigenvalue weighted by atomic mass is 32.2. The first-order valence-electron chi connectivity index (χ1n) is 11.1. The third-order valence-electron chi connectivity index (χ3n) is 5.34. The zero-order valence-corrected chi connectivity index (χ0v) is 21.6. The number of rotatable bonds is 9. The molecule has 2 amide bonds. The lowest BCUT2D eigenvalue weighted by Crippen LogP contribution is -2.32. The average Bonchev–Trinajstić information content (AvgIpc) is 3.33. The highest BCUT2D eigenvalue weighted by Gasteiger charge is 2.22. The van der Waals surface area contributed by atoms with E-state index in [1.165, 1.54) is 36.0 Å². The molecule has 1 aromatic heterocycles. The van der Waals surface area contributed by atoms with Gasteiger partial charge in [-0.15, -0.1) is 22.0 Å². The quantitative estimate of drug-likeness (QED) is 0.148. The number of nitro benzene ring substituents is 1. The minimum atomic E-state index is -0.548. The Labute approximate surface area is 221 Å².